The van der Waals surface area contributed by atoms with Crippen molar-refractivity contribution < 1.29 is 4.42 Å². The minimum absolute atomic E-state index is 0.648. The average Bonchev–Trinajstić information content (AvgIpc) is 3.59. The van der Waals surface area contributed by atoms with Crippen LogP contribution in [0.4, 0.5) is 0 Å². The fraction of sp³-hybridized carbons (Fsp3) is 0.0208. The van der Waals surface area contributed by atoms with Crippen LogP contribution in [0.2, 0.25) is 0 Å². The number of fused-ring (bicyclic) bond motifs is 3. The molecule has 8 aromatic rings. The van der Waals surface area contributed by atoms with Gasteiger partial charge in [-0.1, -0.05) is 195 Å². The molecule has 0 N–H and O–H groups in total. The minimum atomic E-state index is -2.85. The lowest BCUT2D eigenvalue weighted by Gasteiger charge is -2.35. The van der Waals surface area contributed by atoms with Crippen molar-refractivity contribution in [1.29, 1.82) is 0 Å². The van der Waals surface area contributed by atoms with E-state index in [-0.39, 0.29) is 0 Å². The average molecular weight is 702 g/mol. The van der Waals surface area contributed by atoms with Crippen LogP contribution in [-0.2, 0) is 0 Å². The molecule has 52 heavy (non-hydrogen) atoms. The van der Waals surface area contributed by atoms with Crippen LogP contribution < -0.4 is 36.3 Å². The maximum absolute atomic E-state index is 6.55. The molecule has 0 saturated heterocycles. The van der Waals surface area contributed by atoms with Gasteiger partial charge in [0, 0.05) is 17.0 Å². The molecule has 2 nitrogen and oxygen atoms in total. The number of furan rings is 1. The molecule has 0 spiro atoms. The molecule has 0 aliphatic carbocycles. The molecule has 0 radical (unpaired) electrons. The van der Waals surface area contributed by atoms with Crippen molar-refractivity contribution in [3.8, 4) is 0 Å². The van der Waals surface area contributed by atoms with Crippen LogP contribution in [0, 0.1) is 0 Å². The second kappa shape index (κ2) is 14.3. The van der Waals surface area contributed by atoms with E-state index >= 15 is 0 Å². The van der Waals surface area contributed by atoms with Crippen molar-refractivity contribution >= 4 is 74.5 Å². The molecule has 0 saturated carbocycles. The monoisotopic (exact) mass is 701 g/mol. The van der Waals surface area contributed by atoms with Gasteiger partial charge in [0.05, 0.1) is 0 Å². The smallest absolute Gasteiger partial charge is 0.227 e. The van der Waals surface area contributed by atoms with E-state index < -0.39 is 16.1 Å². The van der Waals surface area contributed by atoms with Gasteiger partial charge in [-0.3, -0.25) is 0 Å². The summed E-state index contributed by atoms with van der Waals surface area (Å²) in [6.45, 7) is 6.15. The summed E-state index contributed by atoms with van der Waals surface area (Å²) in [6.07, 6.45) is 10.5. The van der Waals surface area contributed by atoms with Gasteiger partial charge in [0.2, 0.25) is 5.71 Å². The number of benzene rings is 6. The van der Waals surface area contributed by atoms with E-state index in [9.17, 15) is 0 Å². The van der Waals surface area contributed by atoms with Gasteiger partial charge in [0.1, 0.15) is 5.58 Å². The predicted molar refractivity (Wildman–Crippen MR) is 226 cm³/mol. The third-order valence-electron chi connectivity index (χ3n) is 10.4. The summed E-state index contributed by atoms with van der Waals surface area (Å²) in [5, 5.41) is 12.5. The summed E-state index contributed by atoms with van der Waals surface area (Å²) in [5.74, 6) is 0. The molecule has 2 aromatic heterocycles. The molecule has 0 amide bonds. The zero-order chi connectivity index (χ0) is 35.4. The molecule has 0 bridgehead atoms. The number of rotatable bonds is 10. The molecular formula is C48H39NOSi2. The van der Waals surface area contributed by atoms with Crippen molar-refractivity contribution in [2.45, 2.75) is 6.92 Å². The Bertz CT molecular complexity index is 2390. The quantitative estimate of drug-likeness (QED) is 0.0868. The van der Waals surface area contributed by atoms with E-state index in [4.69, 9.17) is 9.40 Å². The maximum atomic E-state index is 6.55. The highest BCUT2D eigenvalue weighted by atomic mass is 28.3. The maximum Gasteiger partial charge on any atom is 0.227 e. The van der Waals surface area contributed by atoms with E-state index in [1.54, 1.807) is 0 Å². The summed E-state index contributed by atoms with van der Waals surface area (Å²) >= 11 is 0. The normalized spacial score (nSPS) is 12.4. The largest absolute Gasteiger partial charge is 0.438 e. The molecule has 0 atom stereocenters. The summed E-state index contributed by atoms with van der Waals surface area (Å²) < 4.78 is 6.55. The standard InChI is InChI=1S/C48H39NOSi2/c1-3-5-21-37(4-2)51(38-22-11-6-12-23-38,39-24-13-7-14-25-39)44-35-46-45-34-43(32-33-47(45)50-48(46)49-36-44)52(40-26-15-8-16-27-40,41-28-17-9-18-29-41)42-30-19-10-20-31-42/h3-36H,1H2,2H3. The Kier molecular flexibility index (Phi) is 9.08. The predicted octanol–water partition coefficient (Wildman–Crippen LogP) is 7.06. The molecular weight excluding hydrogens is 663 g/mol. The third kappa shape index (κ3) is 5.44. The fourth-order valence-corrected chi connectivity index (χ4v) is 17.7. The van der Waals surface area contributed by atoms with Crippen LogP contribution in [-0.4, -0.2) is 21.1 Å². The lowest BCUT2D eigenvalue weighted by Crippen LogP contribution is -2.74. The van der Waals surface area contributed by atoms with Gasteiger partial charge in [-0.25, -0.2) is 4.98 Å². The number of aromatic nitrogens is 1. The van der Waals surface area contributed by atoms with Gasteiger partial charge < -0.3 is 4.42 Å². The van der Waals surface area contributed by atoms with Crippen LogP contribution in [0.15, 0.2) is 223 Å². The van der Waals surface area contributed by atoms with Crippen molar-refractivity contribution in [3.63, 3.8) is 0 Å². The highest BCUT2D eigenvalue weighted by Gasteiger charge is 2.44. The second-order valence-corrected chi connectivity index (χ2v) is 20.7. The van der Waals surface area contributed by atoms with Crippen molar-refractivity contribution in [3.05, 3.63) is 218 Å². The summed E-state index contributed by atoms with van der Waals surface area (Å²) in [6, 6.07) is 64.3. The first-order valence-corrected chi connectivity index (χ1v) is 21.8. The number of nitrogens with zero attached hydrogens (tertiary/aromatic N) is 1. The number of hydrogen-bond donors (Lipinski definition) is 0. The summed E-state index contributed by atoms with van der Waals surface area (Å²) in [7, 11) is -5.60. The molecule has 0 fully saturated rings. The number of allylic oxidation sites excluding steroid dienone is 5. The molecule has 0 aliphatic heterocycles. The molecule has 4 heteroatoms. The molecule has 6 aromatic carbocycles. The SMILES string of the molecule is C=CC=CC(=CC)[Si](c1ccccc1)(c1ccccc1)c1cnc2oc3ccc([Si](c4ccccc4)(c4ccccc4)c4ccccc4)cc3c2c1. The van der Waals surface area contributed by atoms with Crippen LogP contribution in [0.5, 0.6) is 0 Å². The lowest BCUT2D eigenvalue weighted by molar-refractivity contribution is 0.654. The van der Waals surface area contributed by atoms with Crippen LogP contribution in [0.25, 0.3) is 22.1 Å². The summed E-state index contributed by atoms with van der Waals surface area (Å²) in [4.78, 5) is 5.11. The zero-order valence-electron chi connectivity index (χ0n) is 29.2. The minimum Gasteiger partial charge on any atom is -0.438 e. The van der Waals surface area contributed by atoms with Crippen molar-refractivity contribution in [2.75, 3.05) is 0 Å². The Labute approximate surface area is 307 Å². The van der Waals surface area contributed by atoms with Gasteiger partial charge in [-0.15, -0.1) is 0 Å². The first kappa shape index (κ1) is 33.1. The molecule has 2 heterocycles. The zero-order valence-corrected chi connectivity index (χ0v) is 31.2. The highest BCUT2D eigenvalue weighted by Crippen LogP contribution is 2.29. The highest BCUT2D eigenvalue weighted by molar-refractivity contribution is 7.20. The Balaban J connectivity index is 1.45. The van der Waals surface area contributed by atoms with E-state index in [1.165, 1.54) is 41.5 Å². The number of pyridine rings is 1. The first-order chi connectivity index (χ1) is 25.7. The van der Waals surface area contributed by atoms with Crippen LogP contribution in [0.3, 0.4) is 0 Å². The second-order valence-electron chi connectivity index (χ2n) is 13.1. The van der Waals surface area contributed by atoms with Gasteiger partial charge in [-0.2, -0.15) is 0 Å². The molecule has 0 aliphatic rings. The van der Waals surface area contributed by atoms with Crippen LogP contribution >= 0.6 is 0 Å². The summed E-state index contributed by atoms with van der Waals surface area (Å²) in [5.41, 5.74) is 1.49. The lowest BCUT2D eigenvalue weighted by atomic mass is 10.2. The van der Waals surface area contributed by atoms with Gasteiger partial charge in [0.15, 0.2) is 16.1 Å². The van der Waals surface area contributed by atoms with Crippen molar-refractivity contribution in [2.24, 2.45) is 0 Å². The Hall–Kier alpha value is -6.08. The van der Waals surface area contributed by atoms with E-state index in [1.807, 2.05) is 6.08 Å². The van der Waals surface area contributed by atoms with E-state index in [2.05, 4.69) is 214 Å². The third-order valence-corrected chi connectivity index (χ3v) is 20.0. The Morgan fingerprint density at radius 2 is 1.00 bits per heavy atom. The van der Waals surface area contributed by atoms with Gasteiger partial charge >= 0.3 is 0 Å². The van der Waals surface area contributed by atoms with Crippen LogP contribution in [0.1, 0.15) is 6.92 Å². The Morgan fingerprint density at radius 3 is 1.46 bits per heavy atom. The van der Waals surface area contributed by atoms with Gasteiger partial charge in [-0.05, 0) is 60.6 Å². The first-order valence-electron chi connectivity index (χ1n) is 17.8. The Morgan fingerprint density at radius 1 is 0.538 bits per heavy atom. The number of hydrogen-bond acceptors (Lipinski definition) is 2. The van der Waals surface area contributed by atoms with E-state index in [0.29, 0.717) is 5.71 Å². The topological polar surface area (TPSA) is 26.0 Å². The van der Waals surface area contributed by atoms with E-state index in [0.717, 1.165) is 16.4 Å². The molecule has 250 valence electrons. The molecule has 8 rings (SSSR count). The fourth-order valence-electron chi connectivity index (χ4n) is 8.15. The van der Waals surface area contributed by atoms with Crippen molar-refractivity contribution in [1.82, 2.24) is 4.98 Å². The van der Waals surface area contributed by atoms with Gasteiger partial charge in [0.25, 0.3) is 0 Å². The molecule has 0 unspecified atom stereocenters.